The molecule has 8 heteroatoms. The van der Waals surface area contributed by atoms with Gasteiger partial charge in [0, 0.05) is 6.54 Å². The molecule has 0 saturated heterocycles. The van der Waals surface area contributed by atoms with E-state index in [-0.39, 0.29) is 22.1 Å². The maximum atomic E-state index is 12.8. The molecule has 2 N–H and O–H groups in total. The summed E-state index contributed by atoms with van der Waals surface area (Å²) < 4.78 is 28.5. The number of nitrogens with one attached hydrogen (secondary N) is 1. The van der Waals surface area contributed by atoms with Crippen molar-refractivity contribution in [2.45, 2.75) is 38.1 Å². The van der Waals surface area contributed by atoms with Gasteiger partial charge in [0.05, 0.1) is 11.7 Å². The van der Waals surface area contributed by atoms with E-state index < -0.39 is 22.0 Å². The maximum Gasteiger partial charge on any atom is 0.286 e. The van der Waals surface area contributed by atoms with Crippen LogP contribution < -0.4 is 5.32 Å². The van der Waals surface area contributed by atoms with Gasteiger partial charge >= 0.3 is 0 Å². The lowest BCUT2D eigenvalue weighted by Gasteiger charge is -2.23. The molecule has 0 bridgehead atoms. The zero-order chi connectivity index (χ0) is 18.4. The van der Waals surface area contributed by atoms with Gasteiger partial charge in [0.1, 0.15) is 16.2 Å². The van der Waals surface area contributed by atoms with Gasteiger partial charge in [-0.1, -0.05) is 26.0 Å². The van der Waals surface area contributed by atoms with Crippen LogP contribution >= 0.6 is 0 Å². The van der Waals surface area contributed by atoms with Crippen LogP contribution in [-0.2, 0) is 14.8 Å². The smallest absolute Gasteiger partial charge is 0.286 e. The number of benzene rings is 1. The third-order valence-electron chi connectivity index (χ3n) is 4.41. The average molecular weight is 363 g/mol. The minimum Gasteiger partial charge on any atom is -0.509 e. The van der Waals surface area contributed by atoms with Crippen molar-refractivity contribution in [3.05, 3.63) is 35.6 Å². The van der Waals surface area contributed by atoms with Crippen LogP contribution in [0.1, 0.15) is 27.2 Å². The Morgan fingerprint density at radius 3 is 2.68 bits per heavy atom. The van der Waals surface area contributed by atoms with Gasteiger partial charge < -0.3 is 15.3 Å². The van der Waals surface area contributed by atoms with E-state index in [9.17, 15) is 18.3 Å². The number of hydrogen-bond donors (Lipinski definition) is 2. The van der Waals surface area contributed by atoms with E-state index in [1.807, 2.05) is 0 Å². The highest BCUT2D eigenvalue weighted by Crippen LogP contribution is 2.32. The zero-order valence-corrected chi connectivity index (χ0v) is 15.2. The molecular weight excluding hydrogens is 342 g/mol. The lowest BCUT2D eigenvalue weighted by molar-refractivity contribution is -0.126. The fourth-order valence-corrected chi connectivity index (χ4v) is 4.05. The molecule has 1 amide bonds. The summed E-state index contributed by atoms with van der Waals surface area (Å²) in [5, 5.41) is 13.3. The van der Waals surface area contributed by atoms with Crippen molar-refractivity contribution in [3.63, 3.8) is 0 Å². The summed E-state index contributed by atoms with van der Waals surface area (Å²) in [4.78, 5) is 14.3. The van der Waals surface area contributed by atoms with E-state index in [4.69, 9.17) is 0 Å². The Hall–Kier alpha value is -2.35. The first-order valence-corrected chi connectivity index (χ1v) is 9.62. The highest BCUT2D eigenvalue weighted by molar-refractivity contribution is 7.90. The molecule has 0 saturated carbocycles. The number of fused-ring (bicyclic) bond motifs is 1. The summed E-state index contributed by atoms with van der Waals surface area (Å²) in [5.41, 5.74) is 0.267. The van der Waals surface area contributed by atoms with Gasteiger partial charge in [0.25, 0.3) is 15.9 Å². The van der Waals surface area contributed by atoms with Gasteiger partial charge in [-0.05, 0) is 31.4 Å². The van der Waals surface area contributed by atoms with Crippen molar-refractivity contribution in [1.82, 2.24) is 4.90 Å². The standard InChI is InChI=1S/C17H21N3O4S/c1-10(2)8-9-20-11(3)15(21)14(17(20)22)16-18-12-6-4-5-7-13(12)25(23,24)19-16/h4-7,10-11,21H,8-9H2,1-3H3,(H,18,19)/t11-/m0/s1. The Morgan fingerprint density at radius 1 is 1.32 bits per heavy atom. The second-order valence-corrected chi connectivity index (χ2v) is 8.23. The van der Waals surface area contributed by atoms with Crippen LogP contribution in [0, 0.1) is 5.92 Å². The highest BCUT2D eigenvalue weighted by Gasteiger charge is 2.41. The molecule has 0 aliphatic carbocycles. The summed E-state index contributed by atoms with van der Waals surface area (Å²) in [5.74, 6) is -0.287. The van der Waals surface area contributed by atoms with Crippen LogP contribution in [0.3, 0.4) is 0 Å². The summed E-state index contributed by atoms with van der Waals surface area (Å²) in [6, 6.07) is 5.82. The maximum absolute atomic E-state index is 12.8. The molecule has 1 atom stereocenters. The molecule has 0 fully saturated rings. The number of aliphatic hydroxyl groups excluding tert-OH is 1. The Kier molecular flexibility index (Phi) is 4.32. The summed E-state index contributed by atoms with van der Waals surface area (Å²) in [6.45, 7) is 6.31. The normalized spacial score (nSPS) is 22.1. The van der Waals surface area contributed by atoms with E-state index in [0.29, 0.717) is 18.2 Å². The highest BCUT2D eigenvalue weighted by atomic mass is 32.2. The number of aliphatic hydroxyl groups is 1. The first-order valence-electron chi connectivity index (χ1n) is 8.18. The molecule has 0 aromatic heterocycles. The second-order valence-electron chi connectivity index (χ2n) is 6.65. The van der Waals surface area contributed by atoms with Crippen LogP contribution in [0.2, 0.25) is 0 Å². The van der Waals surface area contributed by atoms with Crippen molar-refractivity contribution >= 4 is 27.5 Å². The Bertz CT molecular complexity index is 887. The fraction of sp³-hybridized carbons (Fsp3) is 0.412. The third kappa shape index (κ3) is 3.02. The van der Waals surface area contributed by atoms with Crippen molar-refractivity contribution in [1.29, 1.82) is 0 Å². The molecule has 7 nitrogen and oxygen atoms in total. The molecule has 0 spiro atoms. The Balaban J connectivity index is 1.97. The van der Waals surface area contributed by atoms with Gasteiger partial charge in [0.15, 0.2) is 5.84 Å². The number of anilines is 1. The van der Waals surface area contributed by atoms with Gasteiger partial charge in [0.2, 0.25) is 0 Å². The molecule has 2 aliphatic rings. The van der Waals surface area contributed by atoms with Crippen molar-refractivity contribution < 1.29 is 18.3 Å². The molecular formula is C17H21N3O4S. The Morgan fingerprint density at radius 2 is 2.00 bits per heavy atom. The number of hydrogen-bond acceptors (Lipinski definition) is 5. The number of amidine groups is 1. The molecule has 134 valence electrons. The third-order valence-corrected chi connectivity index (χ3v) is 5.74. The van der Waals surface area contributed by atoms with Gasteiger partial charge in [-0.25, -0.2) is 0 Å². The number of carbonyl (C=O) groups is 1. The molecule has 25 heavy (non-hydrogen) atoms. The van der Waals surface area contributed by atoms with Crippen molar-refractivity contribution in [3.8, 4) is 0 Å². The summed E-state index contributed by atoms with van der Waals surface area (Å²) in [7, 11) is -3.93. The molecule has 2 heterocycles. The summed E-state index contributed by atoms with van der Waals surface area (Å²) in [6.07, 6.45) is 0.789. The largest absolute Gasteiger partial charge is 0.509 e. The van der Waals surface area contributed by atoms with Crippen LogP contribution in [-0.4, -0.2) is 42.8 Å². The SMILES string of the molecule is CC(C)CCN1C(=O)C(C2=NS(=O)(=O)c3ccccc3N2)=C(O)[C@@H]1C. The van der Waals surface area contributed by atoms with E-state index in [2.05, 4.69) is 23.6 Å². The van der Waals surface area contributed by atoms with E-state index in [1.54, 1.807) is 30.0 Å². The first kappa shape index (κ1) is 17.5. The lowest BCUT2D eigenvalue weighted by Crippen LogP contribution is -2.36. The van der Waals surface area contributed by atoms with Gasteiger partial charge in [-0.15, -0.1) is 4.40 Å². The molecule has 0 unspecified atom stereocenters. The van der Waals surface area contributed by atoms with Crippen LogP contribution in [0.25, 0.3) is 0 Å². The van der Waals surface area contributed by atoms with Crippen LogP contribution in [0.5, 0.6) is 0 Å². The lowest BCUT2D eigenvalue weighted by atomic mass is 10.1. The number of sulfonamides is 1. The van der Waals surface area contributed by atoms with Crippen molar-refractivity contribution in [2.75, 3.05) is 11.9 Å². The first-order chi connectivity index (χ1) is 11.7. The minimum atomic E-state index is -3.93. The number of amides is 1. The fourth-order valence-electron chi connectivity index (χ4n) is 2.92. The van der Waals surface area contributed by atoms with Gasteiger partial charge in [-0.2, -0.15) is 8.42 Å². The minimum absolute atomic E-state index is 0.0500. The number of carbonyl (C=O) groups excluding carboxylic acids is 1. The number of para-hydroxylation sites is 1. The van der Waals surface area contributed by atoms with Crippen LogP contribution in [0.15, 0.2) is 44.9 Å². The Labute approximate surface area is 147 Å². The van der Waals surface area contributed by atoms with E-state index in [0.717, 1.165) is 6.42 Å². The van der Waals surface area contributed by atoms with Crippen molar-refractivity contribution in [2.24, 2.45) is 10.3 Å². The van der Waals surface area contributed by atoms with E-state index in [1.165, 1.54) is 6.07 Å². The molecule has 1 aromatic rings. The summed E-state index contributed by atoms with van der Waals surface area (Å²) >= 11 is 0. The molecule has 3 rings (SSSR count). The number of rotatable bonds is 4. The van der Waals surface area contributed by atoms with Gasteiger partial charge in [-0.3, -0.25) is 4.79 Å². The molecule has 0 radical (unpaired) electrons. The quantitative estimate of drug-likeness (QED) is 0.855. The topological polar surface area (TPSA) is 99.1 Å². The second kappa shape index (κ2) is 6.18. The predicted molar refractivity (Wildman–Crippen MR) is 95.0 cm³/mol. The number of nitrogens with zero attached hydrogens (tertiary/aromatic N) is 2. The monoisotopic (exact) mass is 363 g/mol. The molecule has 2 aliphatic heterocycles. The average Bonchev–Trinajstić information content (AvgIpc) is 2.74. The van der Waals surface area contributed by atoms with E-state index >= 15 is 0 Å². The predicted octanol–water partition coefficient (Wildman–Crippen LogP) is 2.29. The molecule has 1 aromatic carbocycles. The van der Waals surface area contributed by atoms with Crippen LogP contribution in [0.4, 0.5) is 5.69 Å². The zero-order valence-electron chi connectivity index (χ0n) is 14.4.